The Morgan fingerprint density at radius 3 is 2.39 bits per heavy atom. The standard InChI is InChI=1S/C21H28O2/c1-2-20-8-15-7-16(9-20)11-21(10-15,14-20)17-3-5-18(6-4-17)22-12-19-13-23-19/h3-6,15-16,19H,2,7-14H2,1H3/t15?,16?,19-,20?,21?/m1/s1. The van der Waals surface area contributed by atoms with Gasteiger partial charge in [0.25, 0.3) is 0 Å². The highest BCUT2D eigenvalue weighted by Crippen LogP contribution is 2.66. The number of hydrogen-bond donors (Lipinski definition) is 0. The van der Waals surface area contributed by atoms with E-state index in [1.807, 2.05) is 0 Å². The molecule has 6 rings (SSSR count). The molecular weight excluding hydrogens is 284 g/mol. The van der Waals surface area contributed by atoms with Crippen molar-refractivity contribution in [2.24, 2.45) is 17.3 Å². The molecule has 2 nitrogen and oxygen atoms in total. The Morgan fingerprint density at radius 1 is 1.09 bits per heavy atom. The summed E-state index contributed by atoms with van der Waals surface area (Å²) in [6, 6.07) is 9.10. The first kappa shape index (κ1) is 14.3. The summed E-state index contributed by atoms with van der Waals surface area (Å²) in [7, 11) is 0. The number of rotatable bonds is 5. The van der Waals surface area contributed by atoms with Crippen LogP contribution in [-0.2, 0) is 10.2 Å². The van der Waals surface area contributed by atoms with Gasteiger partial charge in [0.2, 0.25) is 0 Å². The molecule has 23 heavy (non-hydrogen) atoms. The van der Waals surface area contributed by atoms with Crippen molar-refractivity contribution in [2.75, 3.05) is 13.2 Å². The molecule has 1 aliphatic heterocycles. The molecule has 5 fully saturated rings. The van der Waals surface area contributed by atoms with E-state index in [9.17, 15) is 0 Å². The number of benzene rings is 1. The summed E-state index contributed by atoms with van der Waals surface area (Å²) in [4.78, 5) is 0. The fraction of sp³-hybridized carbons (Fsp3) is 0.714. The van der Waals surface area contributed by atoms with Crippen molar-refractivity contribution < 1.29 is 9.47 Å². The summed E-state index contributed by atoms with van der Waals surface area (Å²) in [5.41, 5.74) is 2.71. The summed E-state index contributed by atoms with van der Waals surface area (Å²) in [5.74, 6) is 2.97. The fourth-order valence-corrected chi connectivity index (χ4v) is 6.46. The third kappa shape index (κ3) is 2.41. The lowest BCUT2D eigenvalue weighted by atomic mass is 9.42. The summed E-state index contributed by atoms with van der Waals surface area (Å²) < 4.78 is 11.0. The molecule has 2 heteroatoms. The van der Waals surface area contributed by atoms with Crippen molar-refractivity contribution in [2.45, 2.75) is 63.4 Å². The molecule has 0 N–H and O–H groups in total. The molecule has 0 aromatic heterocycles. The molecule has 0 spiro atoms. The normalized spacial score (nSPS) is 43.6. The second-order valence-electron chi connectivity index (χ2n) is 8.89. The smallest absolute Gasteiger partial charge is 0.119 e. The van der Waals surface area contributed by atoms with Gasteiger partial charge in [0.05, 0.1) is 6.61 Å². The first-order valence-corrected chi connectivity index (χ1v) is 9.54. The molecule has 0 amide bonds. The summed E-state index contributed by atoms with van der Waals surface area (Å²) in [6.45, 7) is 3.99. The SMILES string of the molecule is CCC12CC3CC(C1)CC(c1ccc(OC[C@@H]4CO4)cc1)(C3)C2. The van der Waals surface area contributed by atoms with Gasteiger partial charge >= 0.3 is 0 Å². The van der Waals surface area contributed by atoms with Crippen LogP contribution in [0.4, 0.5) is 0 Å². The molecular formula is C21H28O2. The lowest BCUT2D eigenvalue weighted by molar-refractivity contribution is -0.0738. The molecule has 2 unspecified atom stereocenters. The van der Waals surface area contributed by atoms with Crippen molar-refractivity contribution in [1.82, 2.24) is 0 Å². The Bertz CT molecular complexity index is 572. The van der Waals surface area contributed by atoms with Crippen LogP contribution in [0.1, 0.15) is 57.4 Å². The zero-order valence-corrected chi connectivity index (χ0v) is 14.2. The van der Waals surface area contributed by atoms with Gasteiger partial charge in [-0.15, -0.1) is 0 Å². The minimum absolute atomic E-state index is 0.335. The van der Waals surface area contributed by atoms with E-state index in [1.165, 1.54) is 44.9 Å². The third-order valence-corrected chi connectivity index (χ3v) is 7.24. The average molecular weight is 312 g/mol. The van der Waals surface area contributed by atoms with E-state index in [1.54, 1.807) is 5.56 Å². The van der Waals surface area contributed by atoms with Crippen LogP contribution in [0.5, 0.6) is 5.75 Å². The van der Waals surface area contributed by atoms with Gasteiger partial charge in [0.15, 0.2) is 0 Å². The third-order valence-electron chi connectivity index (χ3n) is 7.24. The van der Waals surface area contributed by atoms with Crippen molar-refractivity contribution >= 4 is 0 Å². The van der Waals surface area contributed by atoms with Crippen LogP contribution in [0, 0.1) is 17.3 Å². The van der Waals surface area contributed by atoms with Gasteiger partial charge in [0, 0.05) is 0 Å². The predicted octanol–water partition coefficient (Wildman–Crippen LogP) is 4.71. The second-order valence-corrected chi connectivity index (χ2v) is 8.89. The van der Waals surface area contributed by atoms with Gasteiger partial charge in [-0.1, -0.05) is 25.5 Å². The average Bonchev–Trinajstić information content (AvgIpc) is 3.36. The van der Waals surface area contributed by atoms with E-state index in [4.69, 9.17) is 9.47 Å². The number of epoxide rings is 1. The van der Waals surface area contributed by atoms with Crippen LogP contribution in [0.3, 0.4) is 0 Å². The van der Waals surface area contributed by atoms with Gasteiger partial charge in [-0.05, 0) is 78.9 Å². The molecule has 1 heterocycles. The van der Waals surface area contributed by atoms with Gasteiger partial charge in [-0.3, -0.25) is 0 Å². The zero-order chi connectivity index (χ0) is 15.5. The van der Waals surface area contributed by atoms with E-state index >= 15 is 0 Å². The van der Waals surface area contributed by atoms with Gasteiger partial charge in [-0.2, -0.15) is 0 Å². The maximum Gasteiger partial charge on any atom is 0.119 e. The lowest BCUT2D eigenvalue weighted by Gasteiger charge is -2.62. The molecule has 4 saturated carbocycles. The quantitative estimate of drug-likeness (QED) is 0.734. The van der Waals surface area contributed by atoms with Crippen LogP contribution in [0.25, 0.3) is 0 Å². The zero-order valence-electron chi connectivity index (χ0n) is 14.2. The largest absolute Gasteiger partial charge is 0.491 e. The highest BCUT2D eigenvalue weighted by atomic mass is 16.6. The Labute approximate surface area is 139 Å². The maximum atomic E-state index is 5.82. The second kappa shape index (κ2) is 4.99. The number of hydrogen-bond acceptors (Lipinski definition) is 2. The maximum absolute atomic E-state index is 5.82. The van der Waals surface area contributed by atoms with Crippen LogP contribution in [-0.4, -0.2) is 19.3 Å². The first-order valence-electron chi connectivity index (χ1n) is 9.54. The summed E-state index contributed by atoms with van der Waals surface area (Å²) >= 11 is 0. The highest BCUT2D eigenvalue weighted by Gasteiger charge is 2.57. The molecule has 4 bridgehead atoms. The molecule has 3 atom stereocenters. The Kier molecular flexibility index (Phi) is 3.11. The molecule has 1 aromatic rings. The predicted molar refractivity (Wildman–Crippen MR) is 90.8 cm³/mol. The van der Waals surface area contributed by atoms with Crippen molar-refractivity contribution in [1.29, 1.82) is 0 Å². The molecule has 4 aliphatic carbocycles. The minimum Gasteiger partial charge on any atom is -0.491 e. The first-order chi connectivity index (χ1) is 11.2. The van der Waals surface area contributed by atoms with Crippen LogP contribution >= 0.6 is 0 Å². The Hall–Kier alpha value is -1.02. The van der Waals surface area contributed by atoms with Gasteiger partial charge in [-0.25, -0.2) is 0 Å². The van der Waals surface area contributed by atoms with Crippen LogP contribution < -0.4 is 4.74 Å². The van der Waals surface area contributed by atoms with Gasteiger partial charge in [0.1, 0.15) is 18.5 Å². The topological polar surface area (TPSA) is 21.8 Å². The monoisotopic (exact) mass is 312 g/mol. The molecule has 0 radical (unpaired) electrons. The molecule has 124 valence electrons. The van der Waals surface area contributed by atoms with Crippen LogP contribution in [0.2, 0.25) is 0 Å². The Balaban J connectivity index is 1.39. The molecule has 5 aliphatic rings. The van der Waals surface area contributed by atoms with Gasteiger partial charge < -0.3 is 9.47 Å². The number of ether oxygens (including phenoxy) is 2. The molecule has 1 aromatic carbocycles. The van der Waals surface area contributed by atoms with E-state index in [2.05, 4.69) is 31.2 Å². The lowest BCUT2D eigenvalue weighted by Crippen LogP contribution is -2.53. The van der Waals surface area contributed by atoms with Crippen molar-refractivity contribution in [3.8, 4) is 5.75 Å². The van der Waals surface area contributed by atoms with E-state index < -0.39 is 0 Å². The van der Waals surface area contributed by atoms with Crippen LogP contribution in [0.15, 0.2) is 24.3 Å². The summed E-state index contributed by atoms with van der Waals surface area (Å²) in [6.07, 6.45) is 10.5. The van der Waals surface area contributed by atoms with E-state index in [0.29, 0.717) is 23.5 Å². The Morgan fingerprint density at radius 2 is 1.78 bits per heavy atom. The van der Waals surface area contributed by atoms with E-state index in [-0.39, 0.29) is 0 Å². The van der Waals surface area contributed by atoms with E-state index in [0.717, 1.165) is 24.2 Å². The minimum atomic E-state index is 0.335. The summed E-state index contributed by atoms with van der Waals surface area (Å²) in [5, 5.41) is 0. The van der Waals surface area contributed by atoms with Crippen molar-refractivity contribution in [3.05, 3.63) is 29.8 Å². The fourth-order valence-electron chi connectivity index (χ4n) is 6.46. The van der Waals surface area contributed by atoms with Crippen molar-refractivity contribution in [3.63, 3.8) is 0 Å². The molecule has 1 saturated heterocycles. The highest BCUT2D eigenvalue weighted by molar-refractivity contribution is 5.35.